The van der Waals surface area contributed by atoms with E-state index in [-0.39, 0.29) is 83.0 Å². The van der Waals surface area contributed by atoms with Gasteiger partial charge in [-0.25, -0.2) is 4.79 Å². The molecule has 0 rings (SSSR count). The minimum absolute atomic E-state index is 0.0259. The summed E-state index contributed by atoms with van der Waals surface area (Å²) in [6.45, 7) is 1.97. The van der Waals surface area contributed by atoms with Gasteiger partial charge in [0.15, 0.2) is 0 Å². The summed E-state index contributed by atoms with van der Waals surface area (Å²) in [6, 6.07) is -1.14. The van der Waals surface area contributed by atoms with E-state index >= 15 is 0 Å². The van der Waals surface area contributed by atoms with Crippen molar-refractivity contribution in [2.24, 2.45) is 0 Å². The topological polar surface area (TPSA) is 216 Å². The van der Waals surface area contributed by atoms with Gasteiger partial charge in [0.25, 0.3) is 0 Å². The van der Waals surface area contributed by atoms with Gasteiger partial charge in [-0.05, 0) is 19.3 Å². The second-order valence-electron chi connectivity index (χ2n) is 10.6. The lowest BCUT2D eigenvalue weighted by molar-refractivity contribution is -0.142. The minimum Gasteiger partial charge on any atom is -0.481 e. The van der Waals surface area contributed by atoms with Gasteiger partial charge in [0.2, 0.25) is 17.7 Å². The van der Waals surface area contributed by atoms with Gasteiger partial charge in [0.1, 0.15) is 25.5 Å². The highest BCUT2D eigenvalue weighted by atomic mass is 16.5. The molecule has 1 atom stereocenters. The van der Waals surface area contributed by atoms with Crippen molar-refractivity contribution in [2.45, 2.75) is 95.9 Å². The molecule has 0 saturated carbocycles. The van der Waals surface area contributed by atoms with Crippen molar-refractivity contribution in [1.29, 1.82) is 0 Å². The van der Waals surface area contributed by atoms with E-state index in [0.717, 1.165) is 57.8 Å². The van der Waals surface area contributed by atoms with Crippen molar-refractivity contribution in [1.82, 2.24) is 16.0 Å². The van der Waals surface area contributed by atoms with Crippen LogP contribution in [0.15, 0.2) is 0 Å². The Morgan fingerprint density at radius 1 is 0.565 bits per heavy atom. The number of hydrogen-bond donors (Lipinski definition) is 5. The average Bonchev–Trinajstić information content (AvgIpc) is 3.02. The molecule has 0 aromatic heterocycles. The Hall–Kier alpha value is -3.14. The van der Waals surface area contributed by atoms with Crippen molar-refractivity contribution >= 4 is 35.9 Å². The number of aldehydes is 1. The second kappa shape index (κ2) is 31.8. The molecule has 46 heavy (non-hydrogen) atoms. The molecule has 0 aromatic rings. The first-order valence-electron chi connectivity index (χ1n) is 16.3. The Bertz CT molecular complexity index is 844. The molecule has 0 aromatic carbocycles. The van der Waals surface area contributed by atoms with Gasteiger partial charge in [-0.2, -0.15) is 0 Å². The number of aliphatic carboxylic acids is 2. The van der Waals surface area contributed by atoms with E-state index in [1.807, 2.05) is 0 Å². The molecule has 0 aliphatic heterocycles. The molecule has 0 saturated heterocycles. The van der Waals surface area contributed by atoms with Crippen molar-refractivity contribution in [3.05, 3.63) is 0 Å². The van der Waals surface area contributed by atoms with Crippen LogP contribution in [-0.2, 0) is 47.7 Å². The van der Waals surface area contributed by atoms with E-state index in [4.69, 9.17) is 24.1 Å². The molecule has 0 aliphatic carbocycles. The number of carboxylic acids is 2. The Morgan fingerprint density at radius 2 is 1.07 bits per heavy atom. The molecule has 15 heteroatoms. The van der Waals surface area contributed by atoms with Crippen LogP contribution in [-0.4, -0.2) is 118 Å². The molecular formula is C31H55N3O12. The van der Waals surface area contributed by atoms with Gasteiger partial charge >= 0.3 is 11.9 Å². The van der Waals surface area contributed by atoms with Crippen LogP contribution in [0, 0.1) is 0 Å². The average molecular weight is 662 g/mol. The fraction of sp³-hybridized carbons (Fsp3) is 0.806. The molecule has 0 bridgehead atoms. The number of rotatable bonds is 34. The van der Waals surface area contributed by atoms with E-state index in [9.17, 15) is 33.9 Å². The maximum Gasteiger partial charge on any atom is 0.326 e. The molecule has 3 amide bonds. The largest absolute Gasteiger partial charge is 0.481 e. The lowest BCUT2D eigenvalue weighted by Crippen LogP contribution is -2.41. The number of unbranched alkanes of at least 4 members (excludes halogenated alkanes) is 9. The number of ether oxygens (including phenoxy) is 4. The van der Waals surface area contributed by atoms with Crippen LogP contribution in [0.4, 0.5) is 0 Å². The van der Waals surface area contributed by atoms with Crippen LogP contribution in [0.1, 0.15) is 89.9 Å². The van der Waals surface area contributed by atoms with Crippen LogP contribution < -0.4 is 16.0 Å². The lowest BCUT2D eigenvalue weighted by atomic mass is 10.0. The monoisotopic (exact) mass is 661 g/mol. The zero-order valence-electron chi connectivity index (χ0n) is 27.1. The maximum absolute atomic E-state index is 12.2. The molecule has 0 radical (unpaired) electrons. The first kappa shape index (κ1) is 42.9. The summed E-state index contributed by atoms with van der Waals surface area (Å²) in [6.07, 6.45) is 10.7. The Labute approximate surface area is 271 Å². The highest BCUT2D eigenvalue weighted by Crippen LogP contribution is 2.12. The van der Waals surface area contributed by atoms with Gasteiger partial charge in [-0.3, -0.25) is 19.2 Å². The number of carboxylic acid groups (broad SMARTS) is 2. The van der Waals surface area contributed by atoms with Crippen LogP contribution in [0.2, 0.25) is 0 Å². The third kappa shape index (κ3) is 30.9. The molecule has 1 unspecified atom stereocenters. The van der Waals surface area contributed by atoms with Crippen LogP contribution in [0.25, 0.3) is 0 Å². The molecule has 15 nitrogen and oxygen atoms in total. The Balaban J connectivity index is 3.70. The van der Waals surface area contributed by atoms with E-state index in [1.54, 1.807) is 0 Å². The van der Waals surface area contributed by atoms with Gasteiger partial charge in [0, 0.05) is 32.4 Å². The van der Waals surface area contributed by atoms with Crippen LogP contribution in [0.5, 0.6) is 0 Å². The fourth-order valence-corrected chi connectivity index (χ4v) is 4.18. The molecule has 266 valence electrons. The molecule has 5 N–H and O–H groups in total. The maximum atomic E-state index is 12.2. The van der Waals surface area contributed by atoms with E-state index in [1.165, 1.54) is 0 Å². The zero-order valence-corrected chi connectivity index (χ0v) is 27.1. The number of amides is 3. The highest BCUT2D eigenvalue weighted by molar-refractivity contribution is 5.84. The normalized spacial score (nSPS) is 11.5. The fourth-order valence-electron chi connectivity index (χ4n) is 4.18. The first-order valence-corrected chi connectivity index (χ1v) is 16.3. The van der Waals surface area contributed by atoms with E-state index in [0.29, 0.717) is 39.1 Å². The van der Waals surface area contributed by atoms with Crippen LogP contribution >= 0.6 is 0 Å². The Morgan fingerprint density at radius 3 is 1.61 bits per heavy atom. The number of nitrogens with one attached hydrogen (secondary N) is 3. The van der Waals surface area contributed by atoms with Gasteiger partial charge in [0.05, 0.1) is 39.6 Å². The van der Waals surface area contributed by atoms with Crippen LogP contribution in [0.3, 0.4) is 0 Å². The predicted molar refractivity (Wildman–Crippen MR) is 167 cm³/mol. The summed E-state index contributed by atoms with van der Waals surface area (Å²) >= 11 is 0. The minimum atomic E-state index is -1.19. The van der Waals surface area contributed by atoms with Gasteiger partial charge in [-0.15, -0.1) is 0 Å². The third-order valence-electron chi connectivity index (χ3n) is 6.64. The summed E-state index contributed by atoms with van der Waals surface area (Å²) in [5.74, 6) is -2.93. The summed E-state index contributed by atoms with van der Waals surface area (Å²) in [4.78, 5) is 68.0. The van der Waals surface area contributed by atoms with Crippen molar-refractivity contribution in [3.8, 4) is 0 Å². The molecule has 0 heterocycles. The summed E-state index contributed by atoms with van der Waals surface area (Å²) < 4.78 is 20.7. The van der Waals surface area contributed by atoms with Crippen molar-refractivity contribution in [2.75, 3.05) is 65.9 Å². The number of carbonyl (C=O) groups excluding carboxylic acids is 4. The quantitative estimate of drug-likeness (QED) is 0.0491. The van der Waals surface area contributed by atoms with E-state index in [2.05, 4.69) is 16.0 Å². The summed E-state index contributed by atoms with van der Waals surface area (Å²) in [5, 5.41) is 25.8. The molecule has 0 spiro atoms. The number of carbonyl (C=O) groups is 6. The molecule has 0 fully saturated rings. The Kier molecular flexibility index (Phi) is 29.7. The van der Waals surface area contributed by atoms with Crippen molar-refractivity contribution in [3.63, 3.8) is 0 Å². The second-order valence-corrected chi connectivity index (χ2v) is 10.6. The lowest BCUT2D eigenvalue weighted by Gasteiger charge is -2.14. The van der Waals surface area contributed by atoms with Gasteiger partial charge < -0.3 is 49.9 Å². The summed E-state index contributed by atoms with van der Waals surface area (Å²) in [7, 11) is 0. The summed E-state index contributed by atoms with van der Waals surface area (Å²) in [5.41, 5.74) is 0. The van der Waals surface area contributed by atoms with Gasteiger partial charge in [-0.1, -0.05) is 51.4 Å². The third-order valence-corrected chi connectivity index (χ3v) is 6.64. The molecular weight excluding hydrogens is 606 g/mol. The predicted octanol–water partition coefficient (Wildman–Crippen LogP) is 1.60. The standard InChI is InChI=1S/C31H55N3O12/c35-17-20-45-22-21-43-19-16-33-29(38)25-46-24-23-44-18-15-32-27(36)14-13-26(31(41)42)34-28(37)11-9-7-5-3-1-2-4-6-8-10-12-30(39)40/h17,26H,1-16,18-25H2,(H,32,36)(H,33,38)(H,34,37)(H,39,40)(H,41,42). The molecule has 0 aliphatic rings. The van der Waals surface area contributed by atoms with E-state index < -0.39 is 18.0 Å². The number of hydrogen-bond acceptors (Lipinski definition) is 10. The smallest absolute Gasteiger partial charge is 0.326 e. The first-order chi connectivity index (χ1) is 22.3. The SMILES string of the molecule is O=CCOCCOCCNC(=O)COCCOCCNC(=O)CCC(NC(=O)CCCCCCCCCCCCC(=O)O)C(=O)O. The highest BCUT2D eigenvalue weighted by Gasteiger charge is 2.20. The van der Waals surface area contributed by atoms with Crippen molar-refractivity contribution < 1.29 is 57.9 Å². The zero-order chi connectivity index (χ0) is 34.1.